The predicted octanol–water partition coefficient (Wildman–Crippen LogP) is 2.21. The first kappa shape index (κ1) is 12.9. The summed E-state index contributed by atoms with van der Waals surface area (Å²) in [5, 5.41) is 0. The monoisotopic (exact) mass is 248 g/mol. The fourth-order valence-electron chi connectivity index (χ4n) is 2.03. The molecule has 4 nitrogen and oxygen atoms in total. The predicted molar refractivity (Wildman–Crippen MR) is 69.6 cm³/mol. The largest absolute Gasteiger partial charge is 0.490 e. The third-order valence-electron chi connectivity index (χ3n) is 3.15. The van der Waals surface area contributed by atoms with Crippen LogP contribution in [0.1, 0.15) is 38.3 Å². The van der Waals surface area contributed by atoms with E-state index in [1.54, 1.807) is 6.20 Å². The molecule has 1 aliphatic heterocycles. The van der Waals surface area contributed by atoms with Gasteiger partial charge in [0.15, 0.2) is 0 Å². The van der Waals surface area contributed by atoms with Gasteiger partial charge in [-0.3, -0.25) is 9.78 Å². The fraction of sp³-hybridized carbons (Fsp3) is 0.571. The van der Waals surface area contributed by atoms with E-state index < -0.39 is 0 Å². The van der Waals surface area contributed by atoms with E-state index in [4.69, 9.17) is 4.74 Å². The molecule has 2 heterocycles. The number of nitrogens with zero attached hydrogens (tertiary/aromatic N) is 2. The van der Waals surface area contributed by atoms with E-state index in [-0.39, 0.29) is 5.91 Å². The number of carbonyl (C=O) groups excluding carboxylic acids is 1. The highest BCUT2D eigenvalue weighted by Gasteiger charge is 2.19. The van der Waals surface area contributed by atoms with Crippen molar-refractivity contribution in [3.63, 3.8) is 0 Å². The lowest BCUT2D eigenvalue weighted by Crippen LogP contribution is -2.29. The molecule has 18 heavy (non-hydrogen) atoms. The number of aromatic nitrogens is 1. The normalized spacial score (nSPS) is 15.5. The maximum atomic E-state index is 11.4. The van der Waals surface area contributed by atoms with Crippen molar-refractivity contribution in [3.8, 4) is 5.75 Å². The minimum absolute atomic E-state index is 0.242. The highest BCUT2D eigenvalue weighted by Crippen LogP contribution is 2.15. The summed E-state index contributed by atoms with van der Waals surface area (Å²) in [4.78, 5) is 17.6. The minimum atomic E-state index is 0.242. The Hall–Kier alpha value is -1.58. The van der Waals surface area contributed by atoms with E-state index in [1.165, 1.54) is 0 Å². The van der Waals surface area contributed by atoms with Gasteiger partial charge in [-0.2, -0.15) is 0 Å². The third-order valence-corrected chi connectivity index (χ3v) is 3.15. The number of carbonyl (C=O) groups is 1. The van der Waals surface area contributed by atoms with Gasteiger partial charge in [0.25, 0.3) is 0 Å². The van der Waals surface area contributed by atoms with Crippen LogP contribution >= 0.6 is 0 Å². The Labute approximate surface area is 108 Å². The maximum absolute atomic E-state index is 11.4. The molecule has 1 aromatic rings. The molecular formula is C14H20N2O2. The van der Waals surface area contributed by atoms with Gasteiger partial charge in [0.2, 0.25) is 5.91 Å². The number of hydrogen-bond acceptors (Lipinski definition) is 3. The molecule has 98 valence electrons. The van der Waals surface area contributed by atoms with Crippen molar-refractivity contribution in [1.29, 1.82) is 0 Å². The Morgan fingerprint density at radius 3 is 2.83 bits per heavy atom. The Kier molecular flexibility index (Phi) is 4.18. The second kappa shape index (κ2) is 5.85. The van der Waals surface area contributed by atoms with Gasteiger partial charge in [0.05, 0.1) is 12.7 Å². The molecule has 0 spiro atoms. The minimum Gasteiger partial charge on any atom is -0.490 e. The Morgan fingerprint density at radius 1 is 1.44 bits per heavy atom. The zero-order valence-electron chi connectivity index (χ0n) is 11.1. The van der Waals surface area contributed by atoms with Crippen LogP contribution in [0.25, 0.3) is 0 Å². The molecule has 0 unspecified atom stereocenters. The van der Waals surface area contributed by atoms with E-state index in [0.717, 1.165) is 24.4 Å². The molecule has 1 amide bonds. The molecule has 1 aliphatic rings. The lowest BCUT2D eigenvalue weighted by molar-refractivity contribution is -0.128. The summed E-state index contributed by atoms with van der Waals surface area (Å²) in [7, 11) is 0. The van der Waals surface area contributed by atoms with Crippen LogP contribution in [-0.2, 0) is 4.79 Å². The van der Waals surface area contributed by atoms with Crippen molar-refractivity contribution < 1.29 is 9.53 Å². The summed E-state index contributed by atoms with van der Waals surface area (Å²) in [6, 6.07) is 3.93. The number of likely N-dealkylation sites (tertiary alicyclic amines) is 1. The molecule has 0 saturated carbocycles. The van der Waals surface area contributed by atoms with Gasteiger partial charge in [-0.05, 0) is 24.5 Å². The van der Waals surface area contributed by atoms with Gasteiger partial charge < -0.3 is 9.64 Å². The summed E-state index contributed by atoms with van der Waals surface area (Å²) in [5.41, 5.74) is 1.07. The van der Waals surface area contributed by atoms with Crippen LogP contribution in [0.3, 0.4) is 0 Å². The highest BCUT2D eigenvalue weighted by molar-refractivity contribution is 5.78. The number of pyridine rings is 1. The van der Waals surface area contributed by atoms with Gasteiger partial charge in [-0.15, -0.1) is 0 Å². The smallest absolute Gasteiger partial charge is 0.222 e. The first-order chi connectivity index (χ1) is 8.66. The quantitative estimate of drug-likeness (QED) is 0.802. The molecule has 0 aromatic carbocycles. The molecular weight excluding hydrogens is 228 g/mol. The Balaban J connectivity index is 1.78. The van der Waals surface area contributed by atoms with Crippen molar-refractivity contribution in [2.75, 3.05) is 19.7 Å². The summed E-state index contributed by atoms with van der Waals surface area (Å²) >= 11 is 0. The van der Waals surface area contributed by atoms with Crippen molar-refractivity contribution in [1.82, 2.24) is 9.88 Å². The molecule has 0 radical (unpaired) electrons. The lowest BCUT2D eigenvalue weighted by atomic mass is 10.1. The third kappa shape index (κ3) is 3.22. The molecule has 1 aromatic heterocycles. The van der Waals surface area contributed by atoms with Crippen molar-refractivity contribution in [2.45, 2.75) is 32.6 Å². The van der Waals surface area contributed by atoms with Crippen LogP contribution in [0.2, 0.25) is 0 Å². The van der Waals surface area contributed by atoms with Gasteiger partial charge >= 0.3 is 0 Å². The Morgan fingerprint density at radius 2 is 2.28 bits per heavy atom. The van der Waals surface area contributed by atoms with Crippen LogP contribution in [-0.4, -0.2) is 35.5 Å². The topological polar surface area (TPSA) is 42.4 Å². The van der Waals surface area contributed by atoms with E-state index in [2.05, 4.69) is 18.8 Å². The van der Waals surface area contributed by atoms with Crippen LogP contribution in [0.15, 0.2) is 18.3 Å². The zero-order valence-corrected chi connectivity index (χ0v) is 11.1. The van der Waals surface area contributed by atoms with Crippen molar-refractivity contribution in [3.05, 3.63) is 24.0 Å². The van der Waals surface area contributed by atoms with E-state index >= 15 is 0 Å². The summed E-state index contributed by atoms with van der Waals surface area (Å²) in [6.45, 7) is 6.30. The number of rotatable bonds is 5. The van der Waals surface area contributed by atoms with E-state index in [0.29, 0.717) is 25.5 Å². The van der Waals surface area contributed by atoms with E-state index in [1.807, 2.05) is 17.0 Å². The first-order valence-corrected chi connectivity index (χ1v) is 6.53. The first-order valence-electron chi connectivity index (χ1n) is 6.53. The van der Waals surface area contributed by atoms with Gasteiger partial charge in [0, 0.05) is 18.7 Å². The molecule has 0 bridgehead atoms. The van der Waals surface area contributed by atoms with Crippen molar-refractivity contribution >= 4 is 5.91 Å². The summed E-state index contributed by atoms with van der Waals surface area (Å²) in [5.74, 6) is 1.44. The van der Waals surface area contributed by atoms with Crippen molar-refractivity contribution in [2.24, 2.45) is 0 Å². The van der Waals surface area contributed by atoms with Crippen LogP contribution < -0.4 is 4.74 Å². The molecule has 0 N–H and O–H groups in total. The second-order valence-electron chi connectivity index (χ2n) is 4.91. The van der Waals surface area contributed by atoms with Gasteiger partial charge in [-0.25, -0.2) is 0 Å². The van der Waals surface area contributed by atoms with Gasteiger partial charge in [-0.1, -0.05) is 13.8 Å². The lowest BCUT2D eigenvalue weighted by Gasteiger charge is -2.15. The average Bonchev–Trinajstić information content (AvgIpc) is 2.76. The zero-order chi connectivity index (χ0) is 13.0. The molecule has 1 fully saturated rings. The second-order valence-corrected chi connectivity index (χ2v) is 4.91. The van der Waals surface area contributed by atoms with Crippen LogP contribution in [0.5, 0.6) is 5.75 Å². The summed E-state index contributed by atoms with van der Waals surface area (Å²) in [6.07, 6.45) is 3.41. The molecule has 4 heteroatoms. The maximum Gasteiger partial charge on any atom is 0.222 e. The van der Waals surface area contributed by atoms with Crippen LogP contribution in [0.4, 0.5) is 0 Å². The molecule has 0 aliphatic carbocycles. The van der Waals surface area contributed by atoms with Gasteiger partial charge in [0.1, 0.15) is 12.4 Å². The number of ether oxygens (including phenoxy) is 1. The van der Waals surface area contributed by atoms with E-state index in [9.17, 15) is 4.79 Å². The molecule has 0 atom stereocenters. The van der Waals surface area contributed by atoms with Crippen LogP contribution in [0, 0.1) is 0 Å². The average molecular weight is 248 g/mol. The Bertz CT molecular complexity index is 401. The SMILES string of the molecule is CC(C)c1ccc(OCCN2CCCC2=O)cn1. The summed E-state index contributed by atoms with van der Waals surface area (Å²) < 4.78 is 5.59. The standard InChI is InChI=1S/C14H20N2O2/c1-11(2)13-6-5-12(10-15-13)18-9-8-16-7-3-4-14(16)17/h5-6,10-11H,3-4,7-9H2,1-2H3. The fourth-order valence-corrected chi connectivity index (χ4v) is 2.03. The molecule has 2 rings (SSSR count). The number of hydrogen-bond donors (Lipinski definition) is 0. The highest BCUT2D eigenvalue weighted by atomic mass is 16.5. The number of amides is 1. The molecule has 1 saturated heterocycles.